The number of hydrogen-bond donors (Lipinski definition) is 0. The summed E-state index contributed by atoms with van der Waals surface area (Å²) in [6.45, 7) is 4.04. The van der Waals surface area contributed by atoms with Crippen molar-refractivity contribution in [1.82, 2.24) is 9.97 Å². The van der Waals surface area contributed by atoms with Crippen LogP contribution in [0.25, 0.3) is 22.3 Å². The molecule has 0 bridgehead atoms. The summed E-state index contributed by atoms with van der Waals surface area (Å²) in [6.07, 6.45) is 0. The third-order valence-electron chi connectivity index (χ3n) is 3.48. The van der Waals surface area contributed by atoms with Crippen LogP contribution in [0.2, 0.25) is 5.15 Å². The molecule has 1 heterocycles. The number of nitrogens with zero attached hydrogens (tertiary/aromatic N) is 2. The van der Waals surface area contributed by atoms with E-state index in [1.54, 1.807) is 7.11 Å². The Balaban J connectivity index is 2.31. The third kappa shape index (κ3) is 2.45. The minimum absolute atomic E-state index is 0.460. The zero-order chi connectivity index (χ0) is 15.0. The number of hydrogen-bond acceptors (Lipinski definition) is 3. The molecule has 0 radical (unpaired) electrons. The average molecular weight is 299 g/mol. The van der Waals surface area contributed by atoms with Crippen molar-refractivity contribution in [3.8, 4) is 17.1 Å². The molecule has 0 saturated carbocycles. The van der Waals surface area contributed by atoms with Gasteiger partial charge in [0.2, 0.25) is 0 Å². The third-order valence-corrected chi connectivity index (χ3v) is 3.77. The number of para-hydroxylation sites is 1. The van der Waals surface area contributed by atoms with Crippen LogP contribution in [0.4, 0.5) is 0 Å². The molecule has 0 N–H and O–H groups in total. The van der Waals surface area contributed by atoms with Crippen molar-refractivity contribution in [2.75, 3.05) is 7.11 Å². The van der Waals surface area contributed by atoms with Gasteiger partial charge in [0.1, 0.15) is 10.9 Å². The summed E-state index contributed by atoms with van der Waals surface area (Å²) in [6, 6.07) is 11.8. The van der Waals surface area contributed by atoms with E-state index in [0.717, 1.165) is 33.3 Å². The largest absolute Gasteiger partial charge is 0.496 e. The topological polar surface area (TPSA) is 35.0 Å². The maximum atomic E-state index is 6.33. The standard InChI is InChI=1S/C17H15ClN2O/c1-10-7-8-14(21-3)13(9-10)17-19-15-11(2)5-4-6-12(15)16(18)20-17/h4-9H,1-3H3. The second-order valence-electron chi connectivity index (χ2n) is 5.01. The molecule has 0 fully saturated rings. The van der Waals surface area contributed by atoms with Gasteiger partial charge in [-0.2, -0.15) is 0 Å². The van der Waals surface area contributed by atoms with Gasteiger partial charge in [0, 0.05) is 5.39 Å². The molecule has 3 aromatic rings. The van der Waals surface area contributed by atoms with Gasteiger partial charge in [-0.1, -0.05) is 35.4 Å². The van der Waals surface area contributed by atoms with Gasteiger partial charge in [-0.25, -0.2) is 9.97 Å². The molecule has 4 heteroatoms. The highest BCUT2D eigenvalue weighted by Crippen LogP contribution is 2.32. The second-order valence-corrected chi connectivity index (χ2v) is 5.37. The number of ether oxygens (including phenoxy) is 1. The average Bonchev–Trinajstić information content (AvgIpc) is 2.48. The van der Waals surface area contributed by atoms with Crippen LogP contribution in [-0.2, 0) is 0 Å². The van der Waals surface area contributed by atoms with E-state index in [2.05, 4.69) is 9.97 Å². The van der Waals surface area contributed by atoms with E-state index < -0.39 is 0 Å². The van der Waals surface area contributed by atoms with Gasteiger partial charge in [-0.05, 0) is 37.6 Å². The second kappa shape index (κ2) is 5.34. The number of halogens is 1. The number of aryl methyl sites for hydroxylation is 2. The summed E-state index contributed by atoms with van der Waals surface area (Å²) in [4.78, 5) is 9.12. The van der Waals surface area contributed by atoms with E-state index in [1.807, 2.05) is 50.2 Å². The number of methoxy groups -OCH3 is 1. The molecule has 0 aliphatic heterocycles. The van der Waals surface area contributed by atoms with Gasteiger partial charge in [0.15, 0.2) is 5.82 Å². The van der Waals surface area contributed by atoms with Gasteiger partial charge < -0.3 is 4.74 Å². The van der Waals surface area contributed by atoms with Crippen molar-refractivity contribution in [2.45, 2.75) is 13.8 Å². The highest BCUT2D eigenvalue weighted by Gasteiger charge is 2.13. The minimum atomic E-state index is 0.460. The molecule has 0 aliphatic rings. The molecule has 2 aromatic carbocycles. The summed E-state index contributed by atoms with van der Waals surface area (Å²) in [7, 11) is 1.64. The van der Waals surface area contributed by atoms with Gasteiger partial charge in [-0.15, -0.1) is 0 Å². The molecule has 21 heavy (non-hydrogen) atoms. The number of fused-ring (bicyclic) bond motifs is 1. The van der Waals surface area contributed by atoms with Crippen molar-refractivity contribution in [3.63, 3.8) is 0 Å². The molecule has 0 aliphatic carbocycles. The van der Waals surface area contributed by atoms with Gasteiger partial charge in [0.25, 0.3) is 0 Å². The fourth-order valence-corrected chi connectivity index (χ4v) is 2.61. The monoisotopic (exact) mass is 298 g/mol. The summed E-state index contributed by atoms with van der Waals surface area (Å²) in [5.41, 5.74) is 3.92. The van der Waals surface area contributed by atoms with Crippen LogP contribution in [0.3, 0.4) is 0 Å². The lowest BCUT2D eigenvalue weighted by atomic mass is 10.1. The van der Waals surface area contributed by atoms with Gasteiger partial charge in [0.05, 0.1) is 18.2 Å². The van der Waals surface area contributed by atoms with E-state index in [-0.39, 0.29) is 0 Å². The molecule has 0 atom stereocenters. The van der Waals surface area contributed by atoms with Crippen molar-refractivity contribution < 1.29 is 4.74 Å². The maximum Gasteiger partial charge on any atom is 0.165 e. The predicted octanol–water partition coefficient (Wildman–Crippen LogP) is 4.58. The SMILES string of the molecule is COc1ccc(C)cc1-c1nc(Cl)c2cccc(C)c2n1. The number of aromatic nitrogens is 2. The zero-order valence-electron chi connectivity index (χ0n) is 12.1. The molecule has 0 unspecified atom stereocenters. The fourth-order valence-electron chi connectivity index (χ4n) is 2.37. The quantitative estimate of drug-likeness (QED) is 0.650. The first kappa shape index (κ1) is 13.8. The molecular formula is C17H15ClN2O. The summed E-state index contributed by atoms with van der Waals surface area (Å²) >= 11 is 6.33. The Kier molecular flexibility index (Phi) is 3.52. The first-order valence-corrected chi connectivity index (χ1v) is 7.06. The number of benzene rings is 2. The van der Waals surface area contributed by atoms with E-state index in [9.17, 15) is 0 Å². The summed E-state index contributed by atoms with van der Waals surface area (Å²) in [5.74, 6) is 1.33. The van der Waals surface area contributed by atoms with Crippen molar-refractivity contribution in [3.05, 3.63) is 52.7 Å². The summed E-state index contributed by atoms with van der Waals surface area (Å²) < 4.78 is 5.41. The molecule has 0 spiro atoms. The molecular weight excluding hydrogens is 284 g/mol. The van der Waals surface area contributed by atoms with Crippen LogP contribution in [-0.4, -0.2) is 17.1 Å². The first-order chi connectivity index (χ1) is 10.1. The molecule has 3 nitrogen and oxygen atoms in total. The minimum Gasteiger partial charge on any atom is -0.496 e. The molecule has 1 aromatic heterocycles. The van der Waals surface area contributed by atoms with Crippen LogP contribution in [0, 0.1) is 13.8 Å². The Morgan fingerprint density at radius 2 is 1.86 bits per heavy atom. The lowest BCUT2D eigenvalue weighted by molar-refractivity contribution is 0.416. The molecule has 106 valence electrons. The summed E-state index contributed by atoms with van der Waals surface area (Å²) in [5, 5.41) is 1.33. The van der Waals surface area contributed by atoms with Crippen LogP contribution in [0.15, 0.2) is 36.4 Å². The lowest BCUT2D eigenvalue weighted by Gasteiger charge is -2.10. The maximum absolute atomic E-state index is 6.33. The van der Waals surface area contributed by atoms with E-state index in [4.69, 9.17) is 16.3 Å². The zero-order valence-corrected chi connectivity index (χ0v) is 12.9. The van der Waals surface area contributed by atoms with Gasteiger partial charge in [-0.3, -0.25) is 0 Å². The Bertz CT molecular complexity index is 830. The van der Waals surface area contributed by atoms with Gasteiger partial charge >= 0.3 is 0 Å². The molecule has 3 rings (SSSR count). The van der Waals surface area contributed by atoms with E-state index >= 15 is 0 Å². The molecule has 0 amide bonds. The Labute approximate surface area is 128 Å². The smallest absolute Gasteiger partial charge is 0.165 e. The van der Waals surface area contributed by atoms with Crippen LogP contribution in [0.5, 0.6) is 5.75 Å². The molecule has 0 saturated heterocycles. The van der Waals surface area contributed by atoms with Crippen molar-refractivity contribution >= 4 is 22.5 Å². The first-order valence-electron chi connectivity index (χ1n) is 6.68. The highest BCUT2D eigenvalue weighted by atomic mass is 35.5. The van der Waals surface area contributed by atoms with Crippen LogP contribution < -0.4 is 4.74 Å². The Morgan fingerprint density at radius 3 is 2.62 bits per heavy atom. The van der Waals surface area contributed by atoms with Crippen molar-refractivity contribution in [1.29, 1.82) is 0 Å². The fraction of sp³-hybridized carbons (Fsp3) is 0.176. The predicted molar refractivity (Wildman–Crippen MR) is 86.0 cm³/mol. The number of rotatable bonds is 2. The lowest BCUT2D eigenvalue weighted by Crippen LogP contribution is -1.96. The normalized spacial score (nSPS) is 10.9. The van der Waals surface area contributed by atoms with Crippen LogP contribution >= 0.6 is 11.6 Å². The highest BCUT2D eigenvalue weighted by molar-refractivity contribution is 6.34. The van der Waals surface area contributed by atoms with E-state index in [0.29, 0.717) is 11.0 Å². The Morgan fingerprint density at radius 1 is 1.05 bits per heavy atom. The van der Waals surface area contributed by atoms with Crippen LogP contribution in [0.1, 0.15) is 11.1 Å². The van der Waals surface area contributed by atoms with Crippen molar-refractivity contribution in [2.24, 2.45) is 0 Å². The van der Waals surface area contributed by atoms with E-state index in [1.165, 1.54) is 0 Å². The Hall–Kier alpha value is -2.13.